The van der Waals surface area contributed by atoms with E-state index in [0.29, 0.717) is 30.4 Å². The molecule has 13 nitrogen and oxygen atoms in total. The average Bonchev–Trinajstić information content (AvgIpc) is 3.44. The fraction of sp³-hybridized carbons (Fsp3) is 0.367. The van der Waals surface area contributed by atoms with Crippen LogP contribution in [0.25, 0.3) is 11.0 Å². The Morgan fingerprint density at radius 1 is 1.07 bits per heavy atom. The number of anilines is 2. The Morgan fingerprint density at radius 2 is 1.81 bits per heavy atom. The van der Waals surface area contributed by atoms with Gasteiger partial charge in [-0.15, -0.1) is 0 Å². The second-order valence-electron chi connectivity index (χ2n) is 10.5. The van der Waals surface area contributed by atoms with Gasteiger partial charge in [0.25, 0.3) is 0 Å². The SMILES string of the molecule is COCc1cn(C[C@H](NC(=O)OCc2ccccc2)C(=O)O)c(=O)nc1N1CCC(CNc2nc3ccccc3[nH]2)CC1. The number of aliphatic carboxylic acids is 1. The van der Waals surface area contributed by atoms with E-state index in [4.69, 9.17) is 9.47 Å². The molecule has 3 heterocycles. The van der Waals surface area contributed by atoms with Crippen LogP contribution < -0.4 is 21.2 Å². The highest BCUT2D eigenvalue weighted by atomic mass is 16.5. The molecular formula is C30H35N7O6. The molecule has 43 heavy (non-hydrogen) atoms. The Labute approximate surface area is 247 Å². The van der Waals surface area contributed by atoms with Gasteiger partial charge in [-0.25, -0.2) is 19.4 Å². The number of methoxy groups -OCH3 is 1. The number of hydrogen-bond acceptors (Lipinski definition) is 9. The molecular weight excluding hydrogens is 554 g/mol. The van der Waals surface area contributed by atoms with Crippen LogP contribution in [0.2, 0.25) is 0 Å². The van der Waals surface area contributed by atoms with E-state index >= 15 is 0 Å². The van der Waals surface area contributed by atoms with E-state index in [1.165, 1.54) is 4.57 Å². The quantitative estimate of drug-likeness (QED) is 0.193. The highest BCUT2D eigenvalue weighted by Crippen LogP contribution is 2.25. The molecule has 1 amide bonds. The van der Waals surface area contributed by atoms with Gasteiger partial charge in [0.15, 0.2) is 0 Å². The monoisotopic (exact) mass is 589 g/mol. The van der Waals surface area contributed by atoms with Crippen LogP contribution in [0.1, 0.15) is 24.0 Å². The second kappa shape index (κ2) is 13.8. The van der Waals surface area contributed by atoms with Crippen molar-refractivity contribution in [3.8, 4) is 0 Å². The van der Waals surface area contributed by atoms with Crippen LogP contribution >= 0.6 is 0 Å². The summed E-state index contributed by atoms with van der Waals surface area (Å²) < 4.78 is 11.7. The van der Waals surface area contributed by atoms with Crippen molar-refractivity contribution in [1.82, 2.24) is 24.8 Å². The zero-order valence-electron chi connectivity index (χ0n) is 23.9. The smallest absolute Gasteiger partial charge is 0.408 e. The summed E-state index contributed by atoms with van der Waals surface area (Å²) in [5.41, 5.74) is 2.70. The number of nitrogens with one attached hydrogen (secondary N) is 3. The number of carboxylic acids is 1. The highest BCUT2D eigenvalue weighted by Gasteiger charge is 2.26. The molecule has 1 aliphatic rings. The van der Waals surface area contributed by atoms with Crippen molar-refractivity contribution >= 4 is 34.9 Å². The van der Waals surface area contributed by atoms with Crippen LogP contribution in [0.15, 0.2) is 65.6 Å². The maximum Gasteiger partial charge on any atom is 0.408 e. The fourth-order valence-corrected chi connectivity index (χ4v) is 5.11. The van der Waals surface area contributed by atoms with Gasteiger partial charge in [0.2, 0.25) is 5.95 Å². The Balaban J connectivity index is 1.19. The number of benzene rings is 2. The molecule has 4 aromatic rings. The third kappa shape index (κ3) is 7.68. The summed E-state index contributed by atoms with van der Waals surface area (Å²) in [4.78, 5) is 51.5. The lowest BCUT2D eigenvalue weighted by molar-refractivity contribution is -0.139. The number of carboxylic acid groups (broad SMARTS) is 1. The number of carbonyl (C=O) groups excluding carboxylic acids is 1. The normalized spacial score (nSPS) is 14.4. The predicted octanol–water partition coefficient (Wildman–Crippen LogP) is 2.97. The molecule has 0 radical (unpaired) electrons. The Kier molecular flexibility index (Phi) is 9.52. The van der Waals surface area contributed by atoms with Crippen molar-refractivity contribution in [2.45, 2.75) is 38.6 Å². The minimum absolute atomic E-state index is 0.0140. The van der Waals surface area contributed by atoms with Gasteiger partial charge < -0.3 is 35.1 Å². The number of aromatic nitrogens is 4. The van der Waals surface area contributed by atoms with E-state index in [1.807, 2.05) is 30.3 Å². The first-order valence-corrected chi connectivity index (χ1v) is 14.1. The molecule has 1 fully saturated rings. The number of H-pyrrole nitrogens is 1. The zero-order chi connectivity index (χ0) is 30.2. The van der Waals surface area contributed by atoms with Crippen LogP contribution in [0.5, 0.6) is 0 Å². The molecule has 5 rings (SSSR count). The topological polar surface area (TPSA) is 164 Å². The minimum Gasteiger partial charge on any atom is -0.480 e. The summed E-state index contributed by atoms with van der Waals surface area (Å²) in [6.45, 7) is 2.01. The van der Waals surface area contributed by atoms with E-state index in [-0.39, 0.29) is 19.8 Å². The van der Waals surface area contributed by atoms with Gasteiger partial charge in [0.05, 0.1) is 24.2 Å². The van der Waals surface area contributed by atoms with E-state index in [1.54, 1.807) is 37.6 Å². The van der Waals surface area contributed by atoms with Crippen molar-refractivity contribution in [3.63, 3.8) is 0 Å². The number of amides is 1. The molecule has 13 heteroatoms. The first-order valence-electron chi connectivity index (χ1n) is 14.1. The third-order valence-electron chi connectivity index (χ3n) is 7.39. The number of rotatable bonds is 12. The molecule has 2 aromatic carbocycles. The number of ether oxygens (including phenoxy) is 2. The van der Waals surface area contributed by atoms with Crippen LogP contribution in [0.4, 0.5) is 16.6 Å². The summed E-state index contributed by atoms with van der Waals surface area (Å²) in [6.07, 6.45) is 2.43. The van der Waals surface area contributed by atoms with Gasteiger partial charge in [-0.2, -0.15) is 4.98 Å². The first kappa shape index (κ1) is 29.6. The van der Waals surface area contributed by atoms with E-state index in [0.717, 1.165) is 41.9 Å². The van der Waals surface area contributed by atoms with Gasteiger partial charge in [0, 0.05) is 38.5 Å². The lowest BCUT2D eigenvalue weighted by Crippen LogP contribution is -2.46. The molecule has 2 aromatic heterocycles. The van der Waals surface area contributed by atoms with Crippen molar-refractivity contribution in [2.24, 2.45) is 5.92 Å². The van der Waals surface area contributed by atoms with E-state index < -0.39 is 23.8 Å². The fourth-order valence-electron chi connectivity index (χ4n) is 5.11. The molecule has 1 atom stereocenters. The number of para-hydroxylation sites is 2. The molecule has 4 N–H and O–H groups in total. The lowest BCUT2D eigenvalue weighted by Gasteiger charge is -2.34. The van der Waals surface area contributed by atoms with Gasteiger partial charge in [0.1, 0.15) is 18.5 Å². The van der Waals surface area contributed by atoms with E-state index in [9.17, 15) is 19.5 Å². The van der Waals surface area contributed by atoms with Crippen molar-refractivity contribution < 1.29 is 24.2 Å². The Hall–Kier alpha value is -4.91. The van der Waals surface area contributed by atoms with Gasteiger partial charge in [-0.3, -0.25) is 4.57 Å². The van der Waals surface area contributed by atoms with Crippen LogP contribution in [-0.4, -0.2) is 69.5 Å². The standard InChI is InChI=1S/C30H35N7O6/c1-42-19-22-16-37(17-25(27(38)39)34-30(41)43-18-21-7-3-2-4-8-21)29(40)35-26(22)36-13-11-20(12-14-36)15-31-28-32-23-9-5-6-10-24(23)33-28/h2-10,16,20,25H,11-15,17-19H2,1H3,(H,34,41)(H,38,39)(H2,31,32,33)/t25-/m0/s1. The first-order chi connectivity index (χ1) is 20.9. The second-order valence-corrected chi connectivity index (χ2v) is 10.5. The molecule has 0 unspecified atom stereocenters. The number of aromatic amines is 1. The predicted molar refractivity (Wildman–Crippen MR) is 160 cm³/mol. The number of alkyl carbamates (subject to hydrolysis) is 1. The average molecular weight is 590 g/mol. The molecule has 226 valence electrons. The van der Waals surface area contributed by atoms with Crippen LogP contribution in [0, 0.1) is 5.92 Å². The molecule has 1 saturated heterocycles. The third-order valence-corrected chi connectivity index (χ3v) is 7.39. The lowest BCUT2D eigenvalue weighted by atomic mass is 9.96. The summed E-state index contributed by atoms with van der Waals surface area (Å²) in [7, 11) is 1.54. The minimum atomic E-state index is -1.40. The molecule has 0 saturated carbocycles. The van der Waals surface area contributed by atoms with E-state index in [2.05, 4.69) is 30.5 Å². The van der Waals surface area contributed by atoms with Gasteiger partial charge in [-0.05, 0) is 36.5 Å². The molecule has 0 spiro atoms. The zero-order valence-corrected chi connectivity index (χ0v) is 23.9. The number of nitrogens with zero attached hydrogens (tertiary/aromatic N) is 4. The Bertz CT molecular complexity index is 1560. The molecule has 0 aliphatic carbocycles. The number of fused-ring (bicyclic) bond motifs is 1. The van der Waals surface area contributed by atoms with Gasteiger partial charge >= 0.3 is 17.8 Å². The summed E-state index contributed by atoms with van der Waals surface area (Å²) in [5.74, 6) is 0.378. The van der Waals surface area contributed by atoms with Crippen molar-refractivity contribution in [2.75, 3.05) is 37.0 Å². The van der Waals surface area contributed by atoms with Crippen LogP contribution in [0.3, 0.4) is 0 Å². The van der Waals surface area contributed by atoms with Crippen molar-refractivity contribution in [3.05, 3.63) is 82.4 Å². The number of piperidine rings is 1. The highest BCUT2D eigenvalue weighted by molar-refractivity contribution is 5.80. The summed E-state index contributed by atoms with van der Waals surface area (Å²) >= 11 is 0. The molecule has 0 bridgehead atoms. The number of carbonyl (C=O) groups is 2. The van der Waals surface area contributed by atoms with Gasteiger partial charge in [-0.1, -0.05) is 42.5 Å². The van der Waals surface area contributed by atoms with Crippen molar-refractivity contribution in [1.29, 1.82) is 0 Å². The maximum absolute atomic E-state index is 13.0. The maximum atomic E-state index is 13.0. The number of hydrogen-bond donors (Lipinski definition) is 4. The Morgan fingerprint density at radius 3 is 2.53 bits per heavy atom. The molecule has 1 aliphatic heterocycles. The van der Waals surface area contributed by atoms with Crippen LogP contribution in [-0.2, 0) is 34.0 Å². The summed E-state index contributed by atoms with van der Waals surface area (Å²) in [5, 5.41) is 15.4. The summed E-state index contributed by atoms with van der Waals surface area (Å²) in [6, 6.07) is 15.5. The number of imidazole rings is 1. The largest absolute Gasteiger partial charge is 0.480 e.